The zero-order chi connectivity index (χ0) is 17.7. The predicted molar refractivity (Wildman–Crippen MR) is 87.1 cm³/mol. The Kier molecular flexibility index (Phi) is 6.77. The number of carbonyl (C=O) groups is 1. The summed E-state index contributed by atoms with van der Waals surface area (Å²) in [6.45, 7) is 5.78. The number of halogens is 3. The number of alkyl halides is 2. The Labute approximate surface area is 140 Å². The van der Waals surface area contributed by atoms with Crippen LogP contribution in [0.5, 0.6) is 0 Å². The summed E-state index contributed by atoms with van der Waals surface area (Å²) in [7, 11) is 0. The molecule has 7 heteroatoms. The molecule has 0 radical (unpaired) electrons. The number of ether oxygens (including phenoxy) is 1. The summed E-state index contributed by atoms with van der Waals surface area (Å²) >= 11 is 5.98. The fourth-order valence-corrected chi connectivity index (χ4v) is 1.92. The van der Waals surface area contributed by atoms with Gasteiger partial charge in [0.25, 0.3) is 5.92 Å². The maximum absolute atomic E-state index is 13.7. The first-order chi connectivity index (χ1) is 10.5. The average Bonchev–Trinajstić information content (AvgIpc) is 2.39. The van der Waals surface area contributed by atoms with Crippen LogP contribution in [0.25, 0.3) is 0 Å². The molecule has 0 atom stereocenters. The molecule has 0 aliphatic rings. The molecule has 0 saturated heterocycles. The third kappa shape index (κ3) is 8.13. The van der Waals surface area contributed by atoms with E-state index >= 15 is 0 Å². The molecule has 0 aliphatic carbocycles. The lowest BCUT2D eigenvalue weighted by molar-refractivity contribution is -0.00376. The summed E-state index contributed by atoms with van der Waals surface area (Å²) in [6.07, 6.45) is -0.859. The first-order valence-corrected chi connectivity index (χ1v) is 7.67. The Hall–Kier alpha value is -1.40. The fraction of sp³-hybridized carbons (Fsp3) is 0.562. The second kappa shape index (κ2) is 7.93. The molecule has 0 fully saturated rings. The maximum Gasteiger partial charge on any atom is 0.407 e. The van der Waals surface area contributed by atoms with Crippen LogP contribution in [0.3, 0.4) is 0 Å². The number of benzene rings is 1. The Morgan fingerprint density at radius 1 is 1.26 bits per heavy atom. The number of aryl methyl sites for hydroxylation is 1. The third-order valence-corrected chi connectivity index (χ3v) is 3.25. The number of hydrogen-bond donors (Lipinski definition) is 2. The zero-order valence-corrected chi connectivity index (χ0v) is 14.6. The Bertz CT molecular complexity index is 545. The van der Waals surface area contributed by atoms with Crippen molar-refractivity contribution in [2.45, 2.75) is 45.8 Å². The van der Waals surface area contributed by atoms with Crippen LogP contribution in [-0.4, -0.2) is 30.7 Å². The lowest BCUT2D eigenvalue weighted by Gasteiger charge is -2.22. The fourth-order valence-electron chi connectivity index (χ4n) is 1.71. The summed E-state index contributed by atoms with van der Waals surface area (Å²) in [5, 5.41) is 5.33. The van der Waals surface area contributed by atoms with Gasteiger partial charge in [-0.25, -0.2) is 13.6 Å². The highest BCUT2D eigenvalue weighted by Gasteiger charge is 2.30. The van der Waals surface area contributed by atoms with Gasteiger partial charge in [0.1, 0.15) is 5.60 Å². The summed E-state index contributed by atoms with van der Waals surface area (Å²) < 4.78 is 32.3. The molecule has 0 heterocycles. The summed E-state index contributed by atoms with van der Waals surface area (Å²) in [6, 6.07) is 5.40. The van der Waals surface area contributed by atoms with E-state index in [4.69, 9.17) is 16.3 Å². The number of amides is 1. The van der Waals surface area contributed by atoms with E-state index in [0.717, 1.165) is 11.1 Å². The molecule has 0 aliphatic heterocycles. The molecule has 130 valence electrons. The third-order valence-electron chi connectivity index (χ3n) is 2.84. The molecule has 4 nitrogen and oxygen atoms in total. The molecule has 23 heavy (non-hydrogen) atoms. The minimum Gasteiger partial charge on any atom is -0.444 e. The SMILES string of the molecule is Cc1ccc(CNCC(F)(F)CNC(=O)OC(C)(C)C)cc1Cl. The van der Waals surface area contributed by atoms with Crippen molar-refractivity contribution in [2.24, 2.45) is 0 Å². The van der Waals surface area contributed by atoms with Crippen LogP contribution < -0.4 is 10.6 Å². The van der Waals surface area contributed by atoms with Crippen LogP contribution in [0.2, 0.25) is 5.02 Å². The van der Waals surface area contributed by atoms with E-state index < -0.39 is 30.7 Å². The van der Waals surface area contributed by atoms with Gasteiger partial charge < -0.3 is 15.4 Å². The quantitative estimate of drug-likeness (QED) is 0.819. The van der Waals surface area contributed by atoms with Crippen molar-refractivity contribution in [3.63, 3.8) is 0 Å². The lowest BCUT2D eigenvalue weighted by atomic mass is 10.1. The van der Waals surface area contributed by atoms with Crippen molar-refractivity contribution in [1.82, 2.24) is 10.6 Å². The molecular weight excluding hydrogens is 326 g/mol. The van der Waals surface area contributed by atoms with Gasteiger partial charge >= 0.3 is 6.09 Å². The highest BCUT2D eigenvalue weighted by atomic mass is 35.5. The van der Waals surface area contributed by atoms with Gasteiger partial charge in [0.05, 0.1) is 13.1 Å². The Morgan fingerprint density at radius 3 is 2.48 bits per heavy atom. The van der Waals surface area contributed by atoms with Gasteiger partial charge in [0.2, 0.25) is 0 Å². The van der Waals surface area contributed by atoms with Gasteiger partial charge in [-0.2, -0.15) is 0 Å². The standard InChI is InChI=1S/C16H23ClF2N2O2/c1-11-5-6-12(7-13(11)17)8-20-9-16(18,19)10-21-14(22)23-15(2,3)4/h5-7,20H,8-10H2,1-4H3,(H,21,22). The van der Waals surface area contributed by atoms with Gasteiger partial charge in [-0.15, -0.1) is 0 Å². The van der Waals surface area contributed by atoms with Crippen molar-refractivity contribution in [3.05, 3.63) is 34.3 Å². The molecule has 1 aromatic rings. The highest BCUT2D eigenvalue weighted by Crippen LogP contribution is 2.17. The van der Waals surface area contributed by atoms with E-state index in [1.807, 2.05) is 19.1 Å². The van der Waals surface area contributed by atoms with E-state index in [1.165, 1.54) is 0 Å². The molecule has 1 rings (SSSR count). The van der Waals surface area contributed by atoms with Crippen molar-refractivity contribution in [2.75, 3.05) is 13.1 Å². The molecular formula is C16H23ClF2N2O2. The average molecular weight is 349 g/mol. The van der Waals surface area contributed by atoms with Gasteiger partial charge in [0, 0.05) is 11.6 Å². The Balaban J connectivity index is 2.37. The topological polar surface area (TPSA) is 50.4 Å². The maximum atomic E-state index is 13.7. The van der Waals surface area contributed by atoms with Crippen LogP contribution >= 0.6 is 11.6 Å². The summed E-state index contributed by atoms with van der Waals surface area (Å²) in [5.74, 6) is -3.08. The zero-order valence-electron chi connectivity index (χ0n) is 13.8. The number of alkyl carbamates (subject to hydrolysis) is 1. The van der Waals surface area contributed by atoms with Crippen LogP contribution in [0.1, 0.15) is 31.9 Å². The molecule has 0 spiro atoms. The smallest absolute Gasteiger partial charge is 0.407 e. The normalized spacial score (nSPS) is 12.1. The van der Waals surface area contributed by atoms with E-state index in [1.54, 1.807) is 26.8 Å². The largest absolute Gasteiger partial charge is 0.444 e. The van der Waals surface area contributed by atoms with Crippen molar-refractivity contribution < 1.29 is 18.3 Å². The van der Waals surface area contributed by atoms with Crippen molar-refractivity contribution >= 4 is 17.7 Å². The summed E-state index contributed by atoms with van der Waals surface area (Å²) in [5.41, 5.74) is 1.03. The van der Waals surface area contributed by atoms with Gasteiger partial charge in [-0.1, -0.05) is 23.7 Å². The van der Waals surface area contributed by atoms with E-state index in [0.29, 0.717) is 5.02 Å². The minimum absolute atomic E-state index is 0.266. The van der Waals surface area contributed by atoms with Crippen LogP contribution in [0.4, 0.5) is 13.6 Å². The second-order valence-corrected chi connectivity index (χ2v) is 6.81. The highest BCUT2D eigenvalue weighted by molar-refractivity contribution is 6.31. The van der Waals surface area contributed by atoms with E-state index in [-0.39, 0.29) is 6.54 Å². The minimum atomic E-state index is -3.08. The Morgan fingerprint density at radius 2 is 1.91 bits per heavy atom. The predicted octanol–water partition coefficient (Wildman–Crippen LogP) is 3.90. The number of rotatable bonds is 6. The van der Waals surface area contributed by atoms with Crippen LogP contribution in [0, 0.1) is 6.92 Å². The molecule has 0 aromatic heterocycles. The molecule has 0 bridgehead atoms. The molecule has 2 N–H and O–H groups in total. The molecule has 0 saturated carbocycles. The number of carbonyl (C=O) groups excluding carboxylic acids is 1. The second-order valence-electron chi connectivity index (χ2n) is 6.40. The molecule has 1 amide bonds. The first-order valence-electron chi connectivity index (χ1n) is 7.29. The van der Waals surface area contributed by atoms with E-state index in [9.17, 15) is 13.6 Å². The summed E-state index contributed by atoms with van der Waals surface area (Å²) in [4.78, 5) is 11.4. The number of hydrogen-bond acceptors (Lipinski definition) is 3. The van der Waals surface area contributed by atoms with Crippen LogP contribution in [0.15, 0.2) is 18.2 Å². The molecule has 0 unspecified atom stereocenters. The molecule has 1 aromatic carbocycles. The monoisotopic (exact) mass is 348 g/mol. The first kappa shape index (κ1) is 19.6. The van der Waals surface area contributed by atoms with Crippen molar-refractivity contribution in [1.29, 1.82) is 0 Å². The van der Waals surface area contributed by atoms with Gasteiger partial charge in [-0.3, -0.25) is 0 Å². The van der Waals surface area contributed by atoms with Crippen molar-refractivity contribution in [3.8, 4) is 0 Å². The van der Waals surface area contributed by atoms with Gasteiger partial charge in [-0.05, 0) is 44.9 Å². The lowest BCUT2D eigenvalue weighted by Crippen LogP contribution is -2.44. The van der Waals surface area contributed by atoms with Gasteiger partial charge in [0.15, 0.2) is 0 Å². The van der Waals surface area contributed by atoms with E-state index in [2.05, 4.69) is 10.6 Å². The van der Waals surface area contributed by atoms with Crippen LogP contribution in [-0.2, 0) is 11.3 Å². The number of nitrogens with one attached hydrogen (secondary N) is 2.